The average molecular weight is 702 g/mol. The normalized spacial score (nSPS) is 17.8. The number of para-hydroxylation sites is 1. The summed E-state index contributed by atoms with van der Waals surface area (Å²) in [4.78, 5) is 34.1. The monoisotopic (exact) mass is 701 g/mol. The van der Waals surface area contributed by atoms with Crippen LogP contribution in [0.3, 0.4) is 0 Å². The van der Waals surface area contributed by atoms with Crippen LogP contribution in [0.5, 0.6) is 0 Å². The smallest absolute Gasteiger partial charge is 0.307 e. The molecule has 10 heteroatoms. The summed E-state index contributed by atoms with van der Waals surface area (Å²) in [7, 11) is 0. The van der Waals surface area contributed by atoms with Crippen molar-refractivity contribution in [3.05, 3.63) is 71.2 Å². The van der Waals surface area contributed by atoms with Gasteiger partial charge in [0.2, 0.25) is 0 Å². The Bertz CT molecular complexity index is 2090. The van der Waals surface area contributed by atoms with Gasteiger partial charge in [0.15, 0.2) is 11.4 Å². The van der Waals surface area contributed by atoms with Gasteiger partial charge in [-0.2, -0.15) is 0 Å². The third-order valence-electron chi connectivity index (χ3n) is 11.6. The van der Waals surface area contributed by atoms with Crippen LogP contribution in [-0.2, 0) is 24.2 Å². The number of nitrogens with zero attached hydrogens (tertiary/aromatic N) is 6. The van der Waals surface area contributed by atoms with E-state index in [0.717, 1.165) is 120 Å². The van der Waals surface area contributed by atoms with Crippen molar-refractivity contribution in [2.75, 3.05) is 60.9 Å². The number of anilines is 3. The molecule has 3 aliphatic rings. The van der Waals surface area contributed by atoms with Crippen molar-refractivity contribution in [1.29, 1.82) is 0 Å². The van der Waals surface area contributed by atoms with E-state index >= 15 is 0 Å². The molecule has 272 valence electrons. The summed E-state index contributed by atoms with van der Waals surface area (Å²) < 4.78 is 6.29. The predicted octanol–water partition coefficient (Wildman–Crippen LogP) is 7.85. The first-order valence-electron chi connectivity index (χ1n) is 19.2. The van der Waals surface area contributed by atoms with Gasteiger partial charge in [0.25, 0.3) is 0 Å². The molecule has 0 atom stereocenters. The molecule has 5 aromatic rings. The number of likely N-dealkylation sites (tertiary alicyclic amines) is 1. The lowest BCUT2D eigenvalue weighted by Crippen LogP contribution is -2.38. The summed E-state index contributed by atoms with van der Waals surface area (Å²) in [6, 6.07) is 14.8. The molecule has 2 aromatic carbocycles. The Hall–Kier alpha value is -4.70. The minimum Gasteiger partial charge on any atom is -0.481 e. The van der Waals surface area contributed by atoms with Crippen LogP contribution >= 0.6 is 0 Å². The molecule has 0 radical (unpaired) electrons. The van der Waals surface area contributed by atoms with Crippen LogP contribution in [0.15, 0.2) is 53.2 Å². The number of pyridine rings is 1. The molecule has 0 amide bonds. The van der Waals surface area contributed by atoms with Crippen LogP contribution in [0.4, 0.5) is 17.3 Å². The van der Waals surface area contributed by atoms with Crippen molar-refractivity contribution in [1.82, 2.24) is 19.9 Å². The lowest BCUT2D eigenvalue weighted by Gasteiger charge is -2.40. The zero-order valence-corrected chi connectivity index (χ0v) is 30.9. The van der Waals surface area contributed by atoms with Crippen LogP contribution in [0.2, 0.25) is 0 Å². The number of aryl methyl sites for hydroxylation is 1. The van der Waals surface area contributed by atoms with E-state index < -0.39 is 5.97 Å². The van der Waals surface area contributed by atoms with Crippen molar-refractivity contribution in [3.8, 4) is 11.1 Å². The number of carboxylic acids is 1. The van der Waals surface area contributed by atoms with Crippen molar-refractivity contribution in [2.24, 2.45) is 5.41 Å². The van der Waals surface area contributed by atoms with Crippen LogP contribution in [0.25, 0.3) is 33.2 Å². The zero-order chi connectivity index (χ0) is 35.8. The van der Waals surface area contributed by atoms with E-state index in [9.17, 15) is 9.90 Å². The fourth-order valence-corrected chi connectivity index (χ4v) is 8.49. The number of carboxylic acid groups (broad SMARTS) is 1. The van der Waals surface area contributed by atoms with E-state index in [1.807, 2.05) is 31.2 Å². The van der Waals surface area contributed by atoms with Crippen molar-refractivity contribution in [2.45, 2.75) is 78.7 Å². The molecule has 0 unspecified atom stereocenters. The maximum Gasteiger partial charge on any atom is 0.307 e. The fourth-order valence-electron chi connectivity index (χ4n) is 8.49. The molecule has 3 aliphatic heterocycles. The lowest BCUT2D eigenvalue weighted by molar-refractivity contribution is -0.136. The van der Waals surface area contributed by atoms with Gasteiger partial charge in [-0.05, 0) is 99.3 Å². The Morgan fingerprint density at radius 1 is 0.962 bits per heavy atom. The second-order valence-corrected chi connectivity index (χ2v) is 15.8. The zero-order valence-electron chi connectivity index (χ0n) is 30.9. The van der Waals surface area contributed by atoms with Gasteiger partial charge in [0, 0.05) is 54.9 Å². The number of furan rings is 1. The third-order valence-corrected chi connectivity index (χ3v) is 11.6. The highest BCUT2D eigenvalue weighted by atomic mass is 16.4. The number of benzene rings is 2. The second-order valence-electron chi connectivity index (χ2n) is 15.8. The summed E-state index contributed by atoms with van der Waals surface area (Å²) in [5, 5.41) is 14.9. The topological polar surface area (TPSA) is 111 Å². The number of hydrogen-bond acceptors (Lipinski definition) is 9. The molecule has 6 heterocycles. The largest absolute Gasteiger partial charge is 0.481 e. The highest BCUT2D eigenvalue weighted by Crippen LogP contribution is 2.44. The van der Waals surface area contributed by atoms with Gasteiger partial charge in [-0.25, -0.2) is 15.0 Å². The number of aromatic nitrogens is 3. The van der Waals surface area contributed by atoms with Crippen molar-refractivity contribution in [3.63, 3.8) is 0 Å². The maximum atomic E-state index is 12.3. The Balaban J connectivity index is 1.15. The van der Waals surface area contributed by atoms with Crippen LogP contribution < -0.4 is 15.1 Å². The molecule has 52 heavy (non-hydrogen) atoms. The number of piperidine rings is 2. The Labute approximate surface area is 306 Å². The van der Waals surface area contributed by atoms with E-state index in [-0.39, 0.29) is 11.8 Å². The van der Waals surface area contributed by atoms with Gasteiger partial charge in [0.1, 0.15) is 23.2 Å². The summed E-state index contributed by atoms with van der Waals surface area (Å²) in [5.74, 6) is 0.851. The highest BCUT2D eigenvalue weighted by Gasteiger charge is 2.32. The van der Waals surface area contributed by atoms with Crippen LogP contribution in [0.1, 0.15) is 74.8 Å². The first-order valence-corrected chi connectivity index (χ1v) is 19.2. The first-order chi connectivity index (χ1) is 25.2. The van der Waals surface area contributed by atoms with E-state index in [0.29, 0.717) is 6.54 Å². The number of hydrogen-bond donors (Lipinski definition) is 2. The van der Waals surface area contributed by atoms with Gasteiger partial charge in [0.05, 0.1) is 12.1 Å². The van der Waals surface area contributed by atoms with Gasteiger partial charge in [-0.15, -0.1) is 0 Å². The number of aliphatic carboxylic acids is 1. The van der Waals surface area contributed by atoms with Gasteiger partial charge >= 0.3 is 5.97 Å². The van der Waals surface area contributed by atoms with E-state index in [4.69, 9.17) is 14.4 Å². The molecule has 2 saturated heterocycles. The third kappa shape index (κ3) is 6.93. The fraction of sp³-hybridized carbons (Fsp3) is 0.476. The van der Waals surface area contributed by atoms with Gasteiger partial charge in [-0.3, -0.25) is 4.79 Å². The SMILES string of the molecule is Cc1nc(NCCCN2CCCCC2)c(-c2ccc3c(c2)CCN(c2ncnc4c2oc2ccccc24)C3)c(N2CCC(C)(C)CC2)c1CC(=O)O. The summed E-state index contributed by atoms with van der Waals surface area (Å²) in [6.07, 6.45) is 9.50. The Morgan fingerprint density at radius 2 is 1.77 bits per heavy atom. The molecule has 10 nitrogen and oxygen atoms in total. The van der Waals surface area contributed by atoms with Gasteiger partial charge < -0.3 is 29.5 Å². The Kier molecular flexibility index (Phi) is 9.51. The van der Waals surface area contributed by atoms with E-state index in [2.05, 4.69) is 57.0 Å². The molecular weight excluding hydrogens is 651 g/mol. The minimum absolute atomic E-state index is 0.0502. The number of fused-ring (bicyclic) bond motifs is 4. The molecule has 0 bridgehead atoms. The summed E-state index contributed by atoms with van der Waals surface area (Å²) in [5.41, 5.74) is 9.97. The molecule has 2 N–H and O–H groups in total. The van der Waals surface area contributed by atoms with Gasteiger partial charge in [-0.1, -0.05) is 50.6 Å². The predicted molar refractivity (Wildman–Crippen MR) is 208 cm³/mol. The van der Waals surface area contributed by atoms with Crippen molar-refractivity contribution >= 4 is 45.4 Å². The summed E-state index contributed by atoms with van der Waals surface area (Å²) in [6.45, 7) is 14.2. The standard InChI is InChI=1S/C42H51N7O3/c1-28-33(25-35(50)51)38(48-22-15-42(2,3)16-23-48)36(40(46-28)43-17-9-20-47-18-7-4-8-19-47)30-12-13-31-26-49(21-14-29(31)24-30)41-39-37(44-27-45-41)32-10-5-6-11-34(32)52-39/h5-6,10-13,24,27H,4,7-9,14-23,25-26H2,1-3H3,(H,43,46)(H,50,51). The first kappa shape index (κ1) is 34.4. The number of nitrogens with one attached hydrogen (secondary N) is 1. The van der Waals surface area contributed by atoms with Crippen molar-refractivity contribution < 1.29 is 14.3 Å². The maximum absolute atomic E-state index is 12.3. The summed E-state index contributed by atoms with van der Waals surface area (Å²) >= 11 is 0. The molecule has 8 rings (SSSR count). The molecular formula is C42H51N7O3. The number of carbonyl (C=O) groups is 1. The minimum atomic E-state index is -0.828. The number of rotatable bonds is 10. The molecule has 0 aliphatic carbocycles. The molecule has 2 fully saturated rings. The highest BCUT2D eigenvalue weighted by molar-refractivity contribution is 6.05. The molecule has 0 saturated carbocycles. The van der Waals surface area contributed by atoms with Crippen LogP contribution in [-0.4, -0.2) is 76.7 Å². The van der Waals surface area contributed by atoms with E-state index in [1.54, 1.807) is 6.33 Å². The van der Waals surface area contributed by atoms with Crippen LogP contribution in [0, 0.1) is 12.3 Å². The average Bonchev–Trinajstić information content (AvgIpc) is 3.53. The second kappa shape index (κ2) is 14.4. The molecule has 3 aromatic heterocycles. The Morgan fingerprint density at radius 3 is 2.58 bits per heavy atom. The lowest BCUT2D eigenvalue weighted by atomic mass is 9.82. The quantitative estimate of drug-likeness (QED) is 0.140. The van der Waals surface area contributed by atoms with E-state index in [1.165, 1.54) is 43.5 Å². The molecule has 0 spiro atoms.